The molecule has 1 amide bonds. The van der Waals surface area contributed by atoms with Crippen LogP contribution in [0.1, 0.15) is 25.7 Å². The fourth-order valence-electron chi connectivity index (χ4n) is 4.05. The maximum absolute atomic E-state index is 12.5. The van der Waals surface area contributed by atoms with Crippen molar-refractivity contribution in [1.82, 2.24) is 14.7 Å². The lowest BCUT2D eigenvalue weighted by molar-refractivity contribution is -0.133. The maximum atomic E-state index is 12.5. The van der Waals surface area contributed by atoms with Gasteiger partial charge in [0, 0.05) is 45.7 Å². The average molecular weight is 406 g/mol. The van der Waals surface area contributed by atoms with Crippen LogP contribution in [0.3, 0.4) is 0 Å². The second kappa shape index (κ2) is 11.4. The molecule has 162 valence electrons. The van der Waals surface area contributed by atoms with Gasteiger partial charge in [0.15, 0.2) is 11.5 Å². The van der Waals surface area contributed by atoms with Crippen molar-refractivity contribution in [3.8, 4) is 11.5 Å². The maximum Gasteiger partial charge on any atom is 0.223 e. The molecule has 7 heteroatoms. The molecule has 2 fully saturated rings. The standard InChI is InChI=1S/C22H35N3O4/c1-28-20-7-3-4-8-21(20)29-18-19(26)17-24-13-15-25(16-14-24)22(27)9-12-23-10-5-2-6-11-23/h3-4,7-8,19,26H,2,5-6,9-18H2,1H3. The van der Waals surface area contributed by atoms with Crippen LogP contribution < -0.4 is 9.47 Å². The number of aliphatic hydroxyl groups is 1. The molecule has 1 atom stereocenters. The first-order chi connectivity index (χ1) is 14.2. The van der Waals surface area contributed by atoms with Crippen molar-refractivity contribution >= 4 is 5.91 Å². The number of hydrogen-bond acceptors (Lipinski definition) is 6. The summed E-state index contributed by atoms with van der Waals surface area (Å²) in [5.74, 6) is 1.56. The zero-order valence-corrected chi connectivity index (χ0v) is 17.6. The number of benzene rings is 1. The van der Waals surface area contributed by atoms with E-state index in [1.54, 1.807) is 7.11 Å². The summed E-state index contributed by atoms with van der Waals surface area (Å²) in [7, 11) is 1.60. The summed E-state index contributed by atoms with van der Waals surface area (Å²) in [5, 5.41) is 10.3. The average Bonchev–Trinajstić information content (AvgIpc) is 2.77. The molecule has 0 radical (unpaired) electrons. The van der Waals surface area contributed by atoms with Crippen molar-refractivity contribution in [2.75, 3.05) is 66.1 Å². The van der Waals surface area contributed by atoms with Gasteiger partial charge in [-0.05, 0) is 38.1 Å². The molecule has 2 aliphatic rings. The van der Waals surface area contributed by atoms with Crippen LogP contribution in [0.2, 0.25) is 0 Å². The van der Waals surface area contributed by atoms with Crippen molar-refractivity contribution in [1.29, 1.82) is 0 Å². The van der Waals surface area contributed by atoms with Gasteiger partial charge in [0.1, 0.15) is 12.7 Å². The number of ether oxygens (including phenoxy) is 2. The van der Waals surface area contributed by atoms with Crippen molar-refractivity contribution in [3.63, 3.8) is 0 Å². The number of carbonyl (C=O) groups is 1. The molecule has 0 aliphatic carbocycles. The summed E-state index contributed by atoms with van der Waals surface area (Å²) < 4.78 is 11.0. The monoisotopic (exact) mass is 405 g/mol. The number of amides is 1. The molecule has 0 spiro atoms. The summed E-state index contributed by atoms with van der Waals surface area (Å²) in [4.78, 5) is 19.1. The third-order valence-corrected chi connectivity index (χ3v) is 5.78. The van der Waals surface area contributed by atoms with E-state index in [0.29, 0.717) is 24.5 Å². The number of carbonyl (C=O) groups excluding carboxylic acids is 1. The first kappa shape index (κ1) is 21.9. The van der Waals surface area contributed by atoms with Crippen LogP contribution in [0.4, 0.5) is 0 Å². The third kappa shape index (κ3) is 6.87. The highest BCUT2D eigenvalue weighted by atomic mass is 16.5. The molecule has 2 heterocycles. The Hall–Kier alpha value is -1.83. The summed E-state index contributed by atoms with van der Waals surface area (Å²) >= 11 is 0. The van der Waals surface area contributed by atoms with E-state index in [1.165, 1.54) is 19.3 Å². The SMILES string of the molecule is COc1ccccc1OCC(O)CN1CCN(C(=O)CCN2CCCCC2)CC1. The van der Waals surface area contributed by atoms with Crippen molar-refractivity contribution in [2.24, 2.45) is 0 Å². The molecule has 2 aliphatic heterocycles. The molecule has 3 rings (SSSR count). The Labute approximate surface area is 174 Å². The minimum atomic E-state index is -0.582. The van der Waals surface area contributed by atoms with Crippen molar-refractivity contribution in [3.05, 3.63) is 24.3 Å². The number of rotatable bonds is 9. The highest BCUT2D eigenvalue weighted by Crippen LogP contribution is 2.25. The number of methoxy groups -OCH3 is 1. The van der Waals surface area contributed by atoms with Crippen LogP contribution >= 0.6 is 0 Å². The molecule has 7 nitrogen and oxygen atoms in total. The first-order valence-electron chi connectivity index (χ1n) is 10.8. The minimum absolute atomic E-state index is 0.218. The van der Waals surface area contributed by atoms with E-state index < -0.39 is 6.10 Å². The molecule has 29 heavy (non-hydrogen) atoms. The Kier molecular flexibility index (Phi) is 8.58. The highest BCUT2D eigenvalue weighted by molar-refractivity contribution is 5.76. The lowest BCUT2D eigenvalue weighted by Crippen LogP contribution is -2.51. The third-order valence-electron chi connectivity index (χ3n) is 5.78. The van der Waals surface area contributed by atoms with Crippen LogP contribution in [0, 0.1) is 0 Å². The predicted octanol–water partition coefficient (Wildman–Crippen LogP) is 1.46. The number of β-amino-alcohol motifs (C(OH)–C–C–N with tert-alkyl or cyclic N) is 1. The normalized spacial score (nSPS) is 19.7. The zero-order valence-electron chi connectivity index (χ0n) is 17.6. The number of para-hydroxylation sites is 2. The topological polar surface area (TPSA) is 65.5 Å². The Morgan fingerprint density at radius 1 is 1.00 bits per heavy atom. The van der Waals surface area contributed by atoms with Gasteiger partial charge >= 0.3 is 0 Å². The van der Waals surface area contributed by atoms with Crippen LogP contribution in [0.15, 0.2) is 24.3 Å². The van der Waals surface area contributed by atoms with E-state index in [4.69, 9.17) is 9.47 Å². The molecule has 0 aromatic heterocycles. The van der Waals surface area contributed by atoms with Crippen LogP contribution in [-0.2, 0) is 4.79 Å². The molecule has 2 saturated heterocycles. The summed E-state index contributed by atoms with van der Waals surface area (Å²) in [6.45, 7) is 6.98. The van der Waals surface area contributed by atoms with Crippen LogP contribution in [0.5, 0.6) is 11.5 Å². The Morgan fingerprint density at radius 2 is 1.69 bits per heavy atom. The van der Waals surface area contributed by atoms with E-state index in [1.807, 2.05) is 29.2 Å². The summed E-state index contributed by atoms with van der Waals surface area (Å²) in [6, 6.07) is 7.43. The van der Waals surface area contributed by atoms with Crippen molar-refractivity contribution in [2.45, 2.75) is 31.8 Å². The quantitative estimate of drug-likeness (QED) is 0.671. The zero-order chi connectivity index (χ0) is 20.5. The lowest BCUT2D eigenvalue weighted by Gasteiger charge is -2.36. The van der Waals surface area contributed by atoms with E-state index in [9.17, 15) is 9.90 Å². The molecular formula is C22H35N3O4. The number of nitrogens with zero attached hydrogens (tertiary/aromatic N) is 3. The van der Waals surface area contributed by atoms with Gasteiger partial charge in [0.25, 0.3) is 0 Å². The Bertz CT molecular complexity index is 628. The van der Waals surface area contributed by atoms with Crippen LogP contribution in [-0.4, -0.2) is 97.9 Å². The molecule has 0 bridgehead atoms. The molecule has 0 saturated carbocycles. The number of piperidine rings is 1. The summed E-state index contributed by atoms with van der Waals surface area (Å²) in [5.41, 5.74) is 0. The number of likely N-dealkylation sites (tertiary alicyclic amines) is 1. The molecular weight excluding hydrogens is 370 g/mol. The fraction of sp³-hybridized carbons (Fsp3) is 0.682. The molecule has 1 N–H and O–H groups in total. The van der Waals surface area contributed by atoms with E-state index >= 15 is 0 Å². The van der Waals surface area contributed by atoms with Crippen molar-refractivity contribution < 1.29 is 19.4 Å². The first-order valence-corrected chi connectivity index (χ1v) is 10.8. The van der Waals surface area contributed by atoms with Gasteiger partial charge in [-0.25, -0.2) is 0 Å². The number of piperazine rings is 1. The second-order valence-corrected chi connectivity index (χ2v) is 7.95. The van der Waals surface area contributed by atoms with Gasteiger partial charge in [-0.15, -0.1) is 0 Å². The molecule has 1 aromatic carbocycles. The van der Waals surface area contributed by atoms with E-state index in [2.05, 4.69) is 9.80 Å². The van der Waals surface area contributed by atoms with Crippen LogP contribution in [0.25, 0.3) is 0 Å². The highest BCUT2D eigenvalue weighted by Gasteiger charge is 2.23. The van der Waals surface area contributed by atoms with Gasteiger partial charge in [-0.2, -0.15) is 0 Å². The number of aliphatic hydroxyl groups excluding tert-OH is 1. The Morgan fingerprint density at radius 3 is 2.38 bits per heavy atom. The van der Waals surface area contributed by atoms with Gasteiger partial charge in [-0.3, -0.25) is 9.69 Å². The smallest absolute Gasteiger partial charge is 0.223 e. The predicted molar refractivity (Wildman–Crippen MR) is 112 cm³/mol. The van der Waals surface area contributed by atoms with E-state index in [0.717, 1.165) is 45.8 Å². The molecule has 1 unspecified atom stereocenters. The number of hydrogen-bond donors (Lipinski definition) is 1. The van der Waals surface area contributed by atoms with Gasteiger partial charge in [0.05, 0.1) is 7.11 Å². The second-order valence-electron chi connectivity index (χ2n) is 7.95. The van der Waals surface area contributed by atoms with Gasteiger partial charge < -0.3 is 24.4 Å². The Balaban J connectivity index is 1.33. The summed E-state index contributed by atoms with van der Waals surface area (Å²) in [6.07, 6.45) is 3.88. The lowest BCUT2D eigenvalue weighted by atomic mass is 10.1. The largest absolute Gasteiger partial charge is 0.493 e. The fourth-order valence-corrected chi connectivity index (χ4v) is 4.05. The van der Waals surface area contributed by atoms with E-state index in [-0.39, 0.29) is 12.5 Å². The molecule has 1 aromatic rings. The van der Waals surface area contributed by atoms with Gasteiger partial charge in [0.2, 0.25) is 5.91 Å². The minimum Gasteiger partial charge on any atom is -0.493 e. The van der Waals surface area contributed by atoms with Gasteiger partial charge in [-0.1, -0.05) is 18.6 Å².